The number of nitro benzene ring substituents is 1. The van der Waals surface area contributed by atoms with E-state index in [1.54, 1.807) is 11.0 Å². The summed E-state index contributed by atoms with van der Waals surface area (Å²) in [6, 6.07) is 4.56. The summed E-state index contributed by atoms with van der Waals surface area (Å²) in [5.41, 5.74) is 1.05. The van der Waals surface area contributed by atoms with E-state index in [2.05, 4.69) is 17.1 Å². The van der Waals surface area contributed by atoms with Crippen molar-refractivity contribution in [3.63, 3.8) is 0 Å². The van der Waals surface area contributed by atoms with E-state index in [1.165, 1.54) is 18.6 Å². The first-order valence-corrected chi connectivity index (χ1v) is 11.6. The molecule has 3 rings (SSSR count). The third kappa shape index (κ3) is 5.95. The third-order valence-electron chi connectivity index (χ3n) is 6.28. The lowest BCUT2D eigenvalue weighted by Crippen LogP contribution is -2.45. The van der Waals surface area contributed by atoms with Crippen LogP contribution in [-0.2, 0) is 4.79 Å². The summed E-state index contributed by atoms with van der Waals surface area (Å²) >= 11 is 0. The molecule has 1 aromatic rings. The minimum atomic E-state index is -0.463. The monoisotopic (exact) mass is 430 g/mol. The van der Waals surface area contributed by atoms with Gasteiger partial charge in [-0.25, -0.2) is 0 Å². The second kappa shape index (κ2) is 11.1. The van der Waals surface area contributed by atoms with Crippen molar-refractivity contribution in [1.82, 2.24) is 10.2 Å². The maximum Gasteiger partial charge on any atom is 0.270 e. The number of nitro groups is 1. The number of hydrogen-bond donors (Lipinski definition) is 1. The van der Waals surface area contributed by atoms with Gasteiger partial charge in [0, 0.05) is 44.9 Å². The lowest BCUT2D eigenvalue weighted by molar-refractivity contribution is -0.384. The molecule has 2 aliphatic heterocycles. The summed E-state index contributed by atoms with van der Waals surface area (Å²) in [5.74, 6) is -0.434. The average Bonchev–Trinajstić information content (AvgIpc) is 3.32. The number of anilines is 1. The Morgan fingerprint density at radius 3 is 2.61 bits per heavy atom. The highest BCUT2D eigenvalue weighted by Gasteiger charge is 2.31. The van der Waals surface area contributed by atoms with Crippen molar-refractivity contribution in [3.8, 4) is 0 Å². The maximum atomic E-state index is 13.4. The highest BCUT2D eigenvalue weighted by atomic mass is 16.6. The smallest absolute Gasteiger partial charge is 0.270 e. The zero-order valence-electron chi connectivity index (χ0n) is 18.5. The van der Waals surface area contributed by atoms with Gasteiger partial charge >= 0.3 is 0 Å². The van der Waals surface area contributed by atoms with Crippen molar-refractivity contribution in [1.29, 1.82) is 0 Å². The molecule has 8 heteroatoms. The normalized spacial score (nSPS) is 18.8. The molecule has 2 saturated heterocycles. The molecule has 1 N–H and O–H groups in total. The Labute approximate surface area is 184 Å². The molecule has 2 aliphatic rings. The van der Waals surface area contributed by atoms with Crippen LogP contribution in [0.15, 0.2) is 18.2 Å². The van der Waals surface area contributed by atoms with Gasteiger partial charge in [0.2, 0.25) is 5.91 Å². The van der Waals surface area contributed by atoms with Gasteiger partial charge in [-0.15, -0.1) is 0 Å². The van der Waals surface area contributed by atoms with Crippen LogP contribution in [0, 0.1) is 16.0 Å². The molecule has 8 nitrogen and oxygen atoms in total. The number of nitrogens with zero attached hydrogens (tertiary/aromatic N) is 3. The Bertz CT molecular complexity index is 792. The quantitative estimate of drug-likeness (QED) is 0.366. The van der Waals surface area contributed by atoms with Gasteiger partial charge < -0.3 is 15.1 Å². The van der Waals surface area contributed by atoms with Crippen LogP contribution in [0.3, 0.4) is 0 Å². The Kier molecular flexibility index (Phi) is 8.26. The van der Waals surface area contributed by atoms with E-state index in [0.717, 1.165) is 63.7 Å². The van der Waals surface area contributed by atoms with E-state index in [9.17, 15) is 19.7 Å². The predicted molar refractivity (Wildman–Crippen MR) is 120 cm³/mol. The van der Waals surface area contributed by atoms with E-state index >= 15 is 0 Å². The molecule has 0 aliphatic carbocycles. The molecule has 0 aromatic heterocycles. The molecule has 2 amide bonds. The van der Waals surface area contributed by atoms with Gasteiger partial charge in [0.1, 0.15) is 0 Å². The van der Waals surface area contributed by atoms with Crippen LogP contribution in [0.5, 0.6) is 0 Å². The van der Waals surface area contributed by atoms with E-state index in [1.807, 2.05) is 0 Å². The summed E-state index contributed by atoms with van der Waals surface area (Å²) in [7, 11) is 0. The number of benzene rings is 1. The van der Waals surface area contributed by atoms with Crippen molar-refractivity contribution in [3.05, 3.63) is 33.9 Å². The van der Waals surface area contributed by atoms with Gasteiger partial charge in [-0.1, -0.05) is 26.2 Å². The summed E-state index contributed by atoms with van der Waals surface area (Å²) < 4.78 is 0. The molecule has 31 heavy (non-hydrogen) atoms. The molecular formula is C23H34N4O4. The molecule has 0 spiro atoms. The number of rotatable bonds is 9. The highest BCUT2D eigenvalue weighted by Crippen LogP contribution is 2.30. The Morgan fingerprint density at radius 2 is 1.90 bits per heavy atom. The molecule has 0 saturated carbocycles. The van der Waals surface area contributed by atoms with E-state index in [-0.39, 0.29) is 23.4 Å². The third-order valence-corrected chi connectivity index (χ3v) is 6.28. The zero-order valence-corrected chi connectivity index (χ0v) is 18.5. The molecule has 0 bridgehead atoms. The van der Waals surface area contributed by atoms with Crippen LogP contribution in [0.25, 0.3) is 0 Å². The molecule has 2 fully saturated rings. The number of nitrogens with one attached hydrogen (secondary N) is 1. The van der Waals surface area contributed by atoms with Crippen LogP contribution in [0.4, 0.5) is 11.4 Å². The lowest BCUT2D eigenvalue weighted by Gasteiger charge is -2.33. The number of unbranched alkanes of at least 4 members (excludes halogenated alkanes) is 3. The molecule has 2 heterocycles. The summed E-state index contributed by atoms with van der Waals surface area (Å²) in [4.78, 5) is 40.7. The largest absolute Gasteiger partial charge is 0.371 e. The van der Waals surface area contributed by atoms with E-state index in [0.29, 0.717) is 25.2 Å². The Morgan fingerprint density at radius 1 is 1.13 bits per heavy atom. The first-order chi connectivity index (χ1) is 15.0. The number of piperidine rings is 1. The molecule has 1 unspecified atom stereocenters. The minimum absolute atomic E-state index is 0.00723. The second-order valence-electron chi connectivity index (χ2n) is 8.59. The van der Waals surface area contributed by atoms with Gasteiger partial charge in [0.05, 0.1) is 22.1 Å². The van der Waals surface area contributed by atoms with Gasteiger partial charge in [0.25, 0.3) is 11.6 Å². The Balaban J connectivity index is 1.69. The Hall–Kier alpha value is -2.64. The number of likely N-dealkylation sites (tertiary alicyclic amines) is 1. The van der Waals surface area contributed by atoms with Gasteiger partial charge in [0.15, 0.2) is 0 Å². The first-order valence-electron chi connectivity index (χ1n) is 11.6. The number of hydrogen-bond acceptors (Lipinski definition) is 5. The van der Waals surface area contributed by atoms with Crippen molar-refractivity contribution in [2.75, 3.05) is 37.6 Å². The minimum Gasteiger partial charge on any atom is -0.371 e. The van der Waals surface area contributed by atoms with Crippen molar-refractivity contribution in [2.45, 2.75) is 58.3 Å². The fourth-order valence-electron chi connectivity index (χ4n) is 4.50. The van der Waals surface area contributed by atoms with Gasteiger partial charge in [-0.3, -0.25) is 19.7 Å². The lowest BCUT2D eigenvalue weighted by atomic mass is 9.96. The van der Waals surface area contributed by atoms with Gasteiger partial charge in [-0.2, -0.15) is 0 Å². The molecule has 0 radical (unpaired) electrons. The summed E-state index contributed by atoms with van der Waals surface area (Å²) in [6.45, 7) is 5.46. The van der Waals surface area contributed by atoms with Crippen molar-refractivity contribution >= 4 is 23.2 Å². The predicted octanol–water partition coefficient (Wildman–Crippen LogP) is 3.74. The average molecular weight is 431 g/mol. The number of amides is 2. The van der Waals surface area contributed by atoms with Crippen LogP contribution in [0.2, 0.25) is 0 Å². The fraction of sp³-hybridized carbons (Fsp3) is 0.652. The van der Waals surface area contributed by atoms with E-state index < -0.39 is 4.92 Å². The highest BCUT2D eigenvalue weighted by molar-refractivity contribution is 6.01. The molecule has 1 atom stereocenters. The SMILES string of the molecule is CCCCCCNC(=O)C1CCCN(C(=O)c2cc([N+](=O)[O-])ccc2N2CCCC2)C1. The van der Waals surface area contributed by atoms with Crippen LogP contribution >= 0.6 is 0 Å². The van der Waals surface area contributed by atoms with Crippen LogP contribution < -0.4 is 10.2 Å². The zero-order chi connectivity index (χ0) is 22.2. The van der Waals surface area contributed by atoms with Crippen molar-refractivity contribution < 1.29 is 14.5 Å². The first kappa shape index (κ1) is 23.0. The number of carbonyl (C=O) groups is 2. The summed E-state index contributed by atoms with van der Waals surface area (Å²) in [6.07, 6.45) is 8.03. The standard InChI is InChI=1S/C23H34N4O4/c1-2-3-4-5-12-24-22(28)18-9-8-15-26(17-18)23(29)20-16-19(27(30)31)10-11-21(20)25-13-6-7-14-25/h10-11,16,18H,2-9,12-15,17H2,1H3,(H,24,28). The summed E-state index contributed by atoms with van der Waals surface area (Å²) in [5, 5.41) is 14.3. The van der Waals surface area contributed by atoms with Crippen molar-refractivity contribution in [2.24, 2.45) is 5.92 Å². The second-order valence-corrected chi connectivity index (χ2v) is 8.59. The fourth-order valence-corrected chi connectivity index (χ4v) is 4.50. The van der Waals surface area contributed by atoms with Gasteiger partial charge in [-0.05, 0) is 38.2 Å². The maximum absolute atomic E-state index is 13.4. The molecule has 1 aromatic carbocycles. The molecular weight excluding hydrogens is 396 g/mol. The topological polar surface area (TPSA) is 95.8 Å². The van der Waals surface area contributed by atoms with Crippen LogP contribution in [0.1, 0.15) is 68.6 Å². The van der Waals surface area contributed by atoms with E-state index in [4.69, 9.17) is 0 Å². The molecule has 170 valence electrons. The van der Waals surface area contributed by atoms with Crippen LogP contribution in [-0.4, -0.2) is 54.4 Å². The number of non-ortho nitro benzene ring substituents is 1. The number of carbonyl (C=O) groups excluding carboxylic acids is 2.